The van der Waals surface area contributed by atoms with Crippen LogP contribution in [0, 0.1) is 0 Å². The van der Waals surface area contributed by atoms with Crippen molar-refractivity contribution in [1.29, 1.82) is 0 Å². The molecule has 0 fully saturated rings. The molecule has 0 atom stereocenters. The molecule has 2 heterocycles. The van der Waals surface area contributed by atoms with Crippen molar-refractivity contribution < 1.29 is 13.2 Å². The minimum absolute atomic E-state index is 0.0460. The number of amides is 1. The van der Waals surface area contributed by atoms with E-state index in [1.807, 2.05) is 0 Å². The molecule has 24 heavy (non-hydrogen) atoms. The van der Waals surface area contributed by atoms with Crippen molar-refractivity contribution in [3.05, 3.63) is 53.9 Å². The molecule has 1 aliphatic heterocycles. The van der Waals surface area contributed by atoms with Crippen LogP contribution in [-0.4, -0.2) is 26.4 Å². The summed E-state index contributed by atoms with van der Waals surface area (Å²) in [4.78, 5) is 18.0. The van der Waals surface area contributed by atoms with Gasteiger partial charge < -0.3 is 4.90 Å². The van der Waals surface area contributed by atoms with Gasteiger partial charge in [0.2, 0.25) is 15.9 Å². The molecule has 0 unspecified atom stereocenters. The van der Waals surface area contributed by atoms with Crippen LogP contribution in [0.3, 0.4) is 0 Å². The normalized spacial score (nSPS) is 16.3. The molecular weight excluding hydrogens is 326 g/mol. The van der Waals surface area contributed by atoms with E-state index in [9.17, 15) is 13.2 Å². The summed E-state index contributed by atoms with van der Waals surface area (Å²) in [6.45, 7) is 3.77. The number of hydrogen-bond acceptors (Lipinski definition) is 4. The van der Waals surface area contributed by atoms with Crippen molar-refractivity contribution in [3.63, 3.8) is 0 Å². The minimum Gasteiger partial charge on any atom is -0.314 e. The van der Waals surface area contributed by atoms with Crippen molar-refractivity contribution in [3.8, 4) is 0 Å². The highest BCUT2D eigenvalue weighted by molar-refractivity contribution is 7.89. The molecule has 7 heteroatoms. The average molecular weight is 345 g/mol. The summed E-state index contributed by atoms with van der Waals surface area (Å²) < 4.78 is 27.7. The maximum atomic E-state index is 12.5. The lowest BCUT2D eigenvalue weighted by Gasteiger charge is -2.16. The fourth-order valence-electron chi connectivity index (χ4n) is 2.88. The van der Waals surface area contributed by atoms with Gasteiger partial charge in [-0.2, -0.15) is 0 Å². The highest BCUT2D eigenvalue weighted by Gasteiger charge is 2.42. The first-order chi connectivity index (χ1) is 11.2. The van der Waals surface area contributed by atoms with Crippen LogP contribution in [0.1, 0.15) is 25.0 Å². The molecular formula is C17H19N3O3S. The quantitative estimate of drug-likeness (QED) is 0.917. The van der Waals surface area contributed by atoms with Crippen molar-refractivity contribution >= 4 is 21.6 Å². The molecule has 6 nitrogen and oxygen atoms in total. The number of pyridine rings is 1. The zero-order valence-electron chi connectivity index (χ0n) is 13.8. The fourth-order valence-corrected chi connectivity index (χ4v) is 3.93. The maximum absolute atomic E-state index is 12.5. The Morgan fingerprint density at radius 3 is 2.67 bits per heavy atom. The van der Waals surface area contributed by atoms with Crippen LogP contribution in [0.25, 0.3) is 0 Å². The van der Waals surface area contributed by atoms with Crippen LogP contribution in [0.15, 0.2) is 47.6 Å². The number of fused-ring (bicyclic) bond motifs is 1. The third kappa shape index (κ3) is 2.70. The Bertz CT molecular complexity index is 893. The van der Waals surface area contributed by atoms with Crippen LogP contribution in [0.4, 0.5) is 5.69 Å². The molecule has 0 radical (unpaired) electrons. The number of carbonyl (C=O) groups excluding carboxylic acids is 1. The Kier molecular flexibility index (Phi) is 3.93. The van der Waals surface area contributed by atoms with Gasteiger partial charge in [-0.05, 0) is 49.2 Å². The second-order valence-corrected chi connectivity index (χ2v) is 8.12. The van der Waals surface area contributed by atoms with E-state index in [-0.39, 0.29) is 17.3 Å². The highest BCUT2D eigenvalue weighted by atomic mass is 32.2. The molecule has 1 aromatic carbocycles. The number of nitrogens with zero attached hydrogens (tertiary/aromatic N) is 2. The number of benzene rings is 1. The van der Waals surface area contributed by atoms with Crippen LogP contribution >= 0.6 is 0 Å². The molecule has 0 saturated heterocycles. The molecule has 3 rings (SSSR count). The Balaban J connectivity index is 1.91. The SMILES string of the molecule is CN1C(=O)C(C)(C)c2cc(S(=O)(=O)NCc3cccnc3)ccc21. The summed E-state index contributed by atoms with van der Waals surface area (Å²) in [5.41, 5.74) is 1.51. The summed E-state index contributed by atoms with van der Waals surface area (Å²) in [6.07, 6.45) is 3.25. The summed E-state index contributed by atoms with van der Waals surface area (Å²) in [5, 5.41) is 0. The number of nitrogens with one attached hydrogen (secondary N) is 1. The zero-order chi connectivity index (χ0) is 17.5. The number of sulfonamides is 1. The maximum Gasteiger partial charge on any atom is 0.240 e. The van der Waals surface area contributed by atoms with Gasteiger partial charge in [-0.25, -0.2) is 13.1 Å². The van der Waals surface area contributed by atoms with Crippen LogP contribution < -0.4 is 9.62 Å². The first-order valence-corrected chi connectivity index (χ1v) is 9.03. The van der Waals surface area contributed by atoms with Gasteiger partial charge in [0.05, 0.1) is 10.3 Å². The highest BCUT2D eigenvalue weighted by Crippen LogP contribution is 2.41. The second kappa shape index (κ2) is 5.68. The van der Waals surface area contributed by atoms with E-state index < -0.39 is 15.4 Å². The molecule has 0 bridgehead atoms. The van der Waals surface area contributed by atoms with Gasteiger partial charge >= 0.3 is 0 Å². The van der Waals surface area contributed by atoms with Gasteiger partial charge in [-0.15, -0.1) is 0 Å². The van der Waals surface area contributed by atoms with Crippen LogP contribution in [0.2, 0.25) is 0 Å². The molecule has 1 aromatic heterocycles. The van der Waals surface area contributed by atoms with Crippen LogP contribution in [0.5, 0.6) is 0 Å². The third-order valence-corrected chi connectivity index (χ3v) is 5.74. The molecule has 0 aliphatic carbocycles. The number of anilines is 1. The minimum atomic E-state index is -3.67. The standard InChI is InChI=1S/C17H19N3O3S/c1-17(2)14-9-13(6-7-15(14)20(3)16(17)21)24(22,23)19-11-12-5-4-8-18-10-12/h4-10,19H,11H2,1-3H3. The van der Waals surface area contributed by atoms with Crippen molar-refractivity contribution in [2.24, 2.45) is 0 Å². The number of hydrogen-bond donors (Lipinski definition) is 1. The van der Waals surface area contributed by atoms with Crippen molar-refractivity contribution in [2.75, 3.05) is 11.9 Å². The van der Waals surface area contributed by atoms with Gasteiger partial charge in [0, 0.05) is 31.7 Å². The molecule has 0 saturated carbocycles. The van der Waals surface area contributed by atoms with E-state index in [4.69, 9.17) is 0 Å². The summed E-state index contributed by atoms with van der Waals surface area (Å²) in [7, 11) is -1.97. The molecule has 1 amide bonds. The van der Waals surface area contributed by atoms with Gasteiger partial charge in [0.25, 0.3) is 0 Å². The first kappa shape index (κ1) is 16.6. The van der Waals surface area contributed by atoms with Crippen molar-refractivity contribution in [2.45, 2.75) is 30.7 Å². The Hall–Kier alpha value is -2.25. The lowest BCUT2D eigenvalue weighted by Crippen LogP contribution is -2.33. The number of likely N-dealkylation sites (N-methyl/N-ethyl adjacent to an activating group) is 1. The monoisotopic (exact) mass is 345 g/mol. The summed E-state index contributed by atoms with van der Waals surface area (Å²) in [5.74, 6) is -0.0460. The number of aromatic nitrogens is 1. The van der Waals surface area contributed by atoms with E-state index >= 15 is 0 Å². The first-order valence-electron chi connectivity index (χ1n) is 7.55. The smallest absolute Gasteiger partial charge is 0.240 e. The summed E-state index contributed by atoms with van der Waals surface area (Å²) in [6, 6.07) is 8.34. The predicted octanol–water partition coefficient (Wildman–Crippen LogP) is 1.81. The third-order valence-electron chi connectivity index (χ3n) is 4.34. The Labute approximate surface area is 141 Å². The predicted molar refractivity (Wildman–Crippen MR) is 91.1 cm³/mol. The van der Waals surface area contributed by atoms with Gasteiger partial charge in [-0.1, -0.05) is 6.07 Å². The largest absolute Gasteiger partial charge is 0.314 e. The van der Waals surface area contributed by atoms with E-state index in [1.165, 1.54) is 6.07 Å². The number of rotatable bonds is 4. The number of carbonyl (C=O) groups is 1. The van der Waals surface area contributed by atoms with E-state index in [2.05, 4.69) is 9.71 Å². The second-order valence-electron chi connectivity index (χ2n) is 6.35. The van der Waals surface area contributed by atoms with E-state index in [0.29, 0.717) is 0 Å². The molecule has 2 aromatic rings. The van der Waals surface area contributed by atoms with Gasteiger partial charge in [0.1, 0.15) is 0 Å². The lowest BCUT2D eigenvalue weighted by atomic mass is 9.86. The van der Waals surface area contributed by atoms with Gasteiger partial charge in [0.15, 0.2) is 0 Å². The van der Waals surface area contributed by atoms with Crippen LogP contribution in [-0.2, 0) is 26.8 Å². The zero-order valence-corrected chi connectivity index (χ0v) is 14.6. The Morgan fingerprint density at radius 1 is 1.25 bits per heavy atom. The van der Waals surface area contributed by atoms with E-state index in [0.717, 1.165) is 16.8 Å². The van der Waals surface area contributed by atoms with Gasteiger partial charge in [-0.3, -0.25) is 9.78 Å². The fraction of sp³-hybridized carbons (Fsp3) is 0.294. The molecule has 126 valence electrons. The lowest BCUT2D eigenvalue weighted by molar-refractivity contribution is -0.121. The van der Waals surface area contributed by atoms with E-state index in [1.54, 1.807) is 62.5 Å². The molecule has 1 N–H and O–H groups in total. The van der Waals surface area contributed by atoms with Crippen molar-refractivity contribution in [1.82, 2.24) is 9.71 Å². The molecule has 1 aliphatic rings. The summed E-state index contributed by atoms with van der Waals surface area (Å²) >= 11 is 0. The topological polar surface area (TPSA) is 79.4 Å². The average Bonchev–Trinajstić information content (AvgIpc) is 2.75. The molecule has 0 spiro atoms. The Morgan fingerprint density at radius 2 is 2.00 bits per heavy atom.